The number of benzene rings is 2. The molecule has 25 heavy (non-hydrogen) atoms. The van der Waals surface area contributed by atoms with Crippen LogP contribution in [0, 0.1) is 5.92 Å². The van der Waals surface area contributed by atoms with Gasteiger partial charge in [0, 0.05) is 17.1 Å². The van der Waals surface area contributed by atoms with E-state index < -0.39 is 0 Å². The van der Waals surface area contributed by atoms with Crippen molar-refractivity contribution in [3.63, 3.8) is 0 Å². The van der Waals surface area contributed by atoms with E-state index in [-0.39, 0.29) is 11.9 Å². The Morgan fingerprint density at radius 3 is 2.40 bits per heavy atom. The fraction of sp³-hybridized carbons (Fsp3) is 0.381. The summed E-state index contributed by atoms with van der Waals surface area (Å²) in [5.74, 6) is 0.756. The zero-order valence-electron chi connectivity index (χ0n) is 14.6. The first-order valence-electron chi connectivity index (χ1n) is 8.96. The molecule has 132 valence electrons. The number of hydrogen-bond acceptors (Lipinski definition) is 2. The maximum absolute atomic E-state index is 12.4. The van der Waals surface area contributed by atoms with Crippen molar-refractivity contribution >= 4 is 17.5 Å². The molecule has 1 aliphatic rings. The Morgan fingerprint density at radius 1 is 1.12 bits per heavy atom. The maximum atomic E-state index is 12.4. The van der Waals surface area contributed by atoms with E-state index in [4.69, 9.17) is 11.6 Å². The van der Waals surface area contributed by atoms with Gasteiger partial charge in [-0.1, -0.05) is 48.9 Å². The maximum Gasteiger partial charge on any atom is 0.251 e. The minimum Gasteiger partial charge on any atom is -0.350 e. The van der Waals surface area contributed by atoms with Gasteiger partial charge in [0.15, 0.2) is 0 Å². The van der Waals surface area contributed by atoms with Gasteiger partial charge in [0.1, 0.15) is 0 Å². The van der Waals surface area contributed by atoms with Crippen molar-refractivity contribution in [3.8, 4) is 0 Å². The van der Waals surface area contributed by atoms with E-state index in [2.05, 4.69) is 29.3 Å². The number of likely N-dealkylation sites (tertiary alicyclic amines) is 1. The summed E-state index contributed by atoms with van der Waals surface area (Å²) in [6.07, 6.45) is 2.41. The Balaban J connectivity index is 1.72. The molecule has 0 spiro atoms. The molecule has 2 aromatic rings. The standard InChI is InChI=1S/C21H25ClN2O/c1-16-11-13-24(14-12-16)20(17-7-9-19(22)10-8-17)15-23-21(25)18-5-3-2-4-6-18/h2-10,16,20H,11-15H2,1H3,(H,23,25). The molecule has 1 amide bonds. The molecule has 1 atom stereocenters. The summed E-state index contributed by atoms with van der Waals surface area (Å²) < 4.78 is 0. The lowest BCUT2D eigenvalue weighted by molar-refractivity contribution is 0.0913. The summed E-state index contributed by atoms with van der Waals surface area (Å²) >= 11 is 6.05. The molecule has 1 N–H and O–H groups in total. The molecule has 3 nitrogen and oxygen atoms in total. The van der Waals surface area contributed by atoms with Crippen LogP contribution in [0.5, 0.6) is 0 Å². The van der Waals surface area contributed by atoms with Gasteiger partial charge in [-0.3, -0.25) is 9.69 Å². The van der Waals surface area contributed by atoms with Gasteiger partial charge < -0.3 is 5.32 Å². The highest BCUT2D eigenvalue weighted by molar-refractivity contribution is 6.30. The topological polar surface area (TPSA) is 32.3 Å². The monoisotopic (exact) mass is 356 g/mol. The van der Waals surface area contributed by atoms with Gasteiger partial charge in [0.2, 0.25) is 0 Å². The number of hydrogen-bond donors (Lipinski definition) is 1. The Kier molecular flexibility index (Phi) is 6.11. The first-order valence-corrected chi connectivity index (χ1v) is 9.34. The minimum absolute atomic E-state index is 0.0232. The highest BCUT2D eigenvalue weighted by Gasteiger charge is 2.25. The van der Waals surface area contributed by atoms with Crippen molar-refractivity contribution < 1.29 is 4.79 Å². The number of carbonyl (C=O) groups is 1. The zero-order valence-corrected chi connectivity index (χ0v) is 15.4. The van der Waals surface area contributed by atoms with Gasteiger partial charge in [0.25, 0.3) is 5.91 Å². The molecule has 2 aromatic carbocycles. The number of piperidine rings is 1. The van der Waals surface area contributed by atoms with Crippen molar-refractivity contribution in [1.82, 2.24) is 10.2 Å². The Morgan fingerprint density at radius 2 is 1.76 bits per heavy atom. The van der Waals surface area contributed by atoms with E-state index in [9.17, 15) is 4.79 Å². The molecule has 0 radical (unpaired) electrons. The van der Waals surface area contributed by atoms with E-state index in [1.165, 1.54) is 18.4 Å². The average molecular weight is 357 g/mol. The van der Waals surface area contributed by atoms with Crippen LogP contribution in [-0.4, -0.2) is 30.4 Å². The molecule has 4 heteroatoms. The molecule has 0 aromatic heterocycles. The normalized spacial score (nSPS) is 17.2. The largest absolute Gasteiger partial charge is 0.350 e. The number of nitrogens with one attached hydrogen (secondary N) is 1. The van der Waals surface area contributed by atoms with Crippen LogP contribution >= 0.6 is 11.6 Å². The lowest BCUT2D eigenvalue weighted by Gasteiger charge is -2.37. The summed E-state index contributed by atoms with van der Waals surface area (Å²) in [6.45, 7) is 5.04. The Hall–Kier alpha value is -1.84. The van der Waals surface area contributed by atoms with E-state index in [0.717, 1.165) is 24.0 Å². The molecule has 1 aliphatic heterocycles. The number of halogens is 1. The van der Waals surface area contributed by atoms with Gasteiger partial charge in [-0.15, -0.1) is 0 Å². The third-order valence-electron chi connectivity index (χ3n) is 5.01. The highest BCUT2D eigenvalue weighted by Crippen LogP contribution is 2.27. The number of rotatable bonds is 5. The first-order chi connectivity index (χ1) is 12.1. The summed E-state index contributed by atoms with van der Waals surface area (Å²) in [5.41, 5.74) is 1.90. The number of nitrogens with zero attached hydrogens (tertiary/aromatic N) is 1. The van der Waals surface area contributed by atoms with Crippen molar-refractivity contribution in [2.75, 3.05) is 19.6 Å². The van der Waals surface area contributed by atoms with Gasteiger partial charge in [0.05, 0.1) is 6.04 Å². The quantitative estimate of drug-likeness (QED) is 0.852. The van der Waals surface area contributed by atoms with Crippen molar-refractivity contribution in [3.05, 3.63) is 70.7 Å². The summed E-state index contributed by atoms with van der Waals surface area (Å²) in [5, 5.41) is 3.85. The molecule has 1 unspecified atom stereocenters. The molecular formula is C21H25ClN2O. The Bertz CT molecular complexity index is 679. The zero-order chi connectivity index (χ0) is 17.6. The fourth-order valence-electron chi connectivity index (χ4n) is 3.36. The highest BCUT2D eigenvalue weighted by atomic mass is 35.5. The minimum atomic E-state index is -0.0232. The summed E-state index contributed by atoms with van der Waals surface area (Å²) in [7, 11) is 0. The van der Waals surface area contributed by atoms with E-state index in [1.807, 2.05) is 42.5 Å². The van der Waals surface area contributed by atoms with Crippen LogP contribution in [-0.2, 0) is 0 Å². The second-order valence-corrected chi connectivity index (χ2v) is 7.30. The first kappa shape index (κ1) is 18.0. The summed E-state index contributed by atoms with van der Waals surface area (Å²) in [4.78, 5) is 14.9. The fourth-order valence-corrected chi connectivity index (χ4v) is 3.49. The second-order valence-electron chi connectivity index (χ2n) is 6.86. The van der Waals surface area contributed by atoms with Crippen LogP contribution < -0.4 is 5.32 Å². The van der Waals surface area contributed by atoms with Crippen molar-refractivity contribution in [1.29, 1.82) is 0 Å². The summed E-state index contributed by atoms with van der Waals surface area (Å²) in [6, 6.07) is 17.5. The molecule has 3 rings (SSSR count). The third-order valence-corrected chi connectivity index (χ3v) is 5.26. The van der Waals surface area contributed by atoms with Crippen LogP contribution in [0.4, 0.5) is 0 Å². The van der Waals surface area contributed by atoms with Crippen molar-refractivity contribution in [2.24, 2.45) is 5.92 Å². The molecule has 0 saturated carbocycles. The number of carbonyl (C=O) groups excluding carboxylic acids is 1. The average Bonchev–Trinajstić information content (AvgIpc) is 2.65. The van der Waals surface area contributed by atoms with E-state index >= 15 is 0 Å². The lowest BCUT2D eigenvalue weighted by atomic mass is 9.95. The molecule has 1 fully saturated rings. The molecule has 0 aliphatic carbocycles. The van der Waals surface area contributed by atoms with E-state index in [0.29, 0.717) is 12.1 Å². The van der Waals surface area contributed by atoms with E-state index in [1.54, 1.807) is 0 Å². The SMILES string of the molecule is CC1CCN(C(CNC(=O)c2ccccc2)c2ccc(Cl)cc2)CC1. The van der Waals surface area contributed by atoms with Gasteiger partial charge in [-0.25, -0.2) is 0 Å². The van der Waals surface area contributed by atoms with Crippen LogP contribution in [0.1, 0.15) is 41.7 Å². The van der Waals surface area contributed by atoms with Crippen LogP contribution in [0.2, 0.25) is 5.02 Å². The van der Waals surface area contributed by atoms with Crippen molar-refractivity contribution in [2.45, 2.75) is 25.8 Å². The molecule has 1 saturated heterocycles. The Labute approximate surface area is 155 Å². The number of amides is 1. The lowest BCUT2D eigenvalue weighted by Crippen LogP contribution is -2.42. The predicted octanol–water partition coefficient (Wildman–Crippen LogP) is 4.54. The third kappa shape index (κ3) is 4.83. The predicted molar refractivity (Wildman–Crippen MR) is 103 cm³/mol. The van der Waals surface area contributed by atoms with Gasteiger partial charge in [-0.2, -0.15) is 0 Å². The van der Waals surface area contributed by atoms with Crippen LogP contribution in [0.25, 0.3) is 0 Å². The van der Waals surface area contributed by atoms with Crippen LogP contribution in [0.15, 0.2) is 54.6 Å². The molecule has 1 heterocycles. The van der Waals surface area contributed by atoms with Gasteiger partial charge in [-0.05, 0) is 61.7 Å². The van der Waals surface area contributed by atoms with Gasteiger partial charge >= 0.3 is 0 Å². The molecule has 0 bridgehead atoms. The van der Waals surface area contributed by atoms with Crippen LogP contribution in [0.3, 0.4) is 0 Å². The second kappa shape index (κ2) is 8.50. The smallest absolute Gasteiger partial charge is 0.251 e. The molecular weight excluding hydrogens is 332 g/mol.